The number of rotatable bonds is 3. The molecule has 0 unspecified atom stereocenters. The number of carbonyl (C=O) groups excluding carboxylic acids is 1. The van der Waals surface area contributed by atoms with E-state index in [1.165, 1.54) is 11.3 Å². The summed E-state index contributed by atoms with van der Waals surface area (Å²) in [5.74, 6) is -0.0290. The fraction of sp³-hybridized carbons (Fsp3) is 0.125. The zero-order valence-corrected chi connectivity index (χ0v) is 13.1. The summed E-state index contributed by atoms with van der Waals surface area (Å²) in [6.45, 7) is 1.94. The smallest absolute Gasteiger partial charge is 0.229 e. The first-order valence-corrected chi connectivity index (χ1v) is 7.81. The van der Waals surface area contributed by atoms with Gasteiger partial charge in [0.05, 0.1) is 6.42 Å². The molecule has 1 heterocycles. The van der Waals surface area contributed by atoms with E-state index in [0.717, 1.165) is 27.0 Å². The average molecular weight is 314 g/mol. The Bertz CT molecular complexity index is 864. The van der Waals surface area contributed by atoms with Crippen LogP contribution in [0.15, 0.2) is 42.5 Å². The Labute approximate surface area is 131 Å². The summed E-state index contributed by atoms with van der Waals surface area (Å²) >= 11 is 6.54. The fourth-order valence-electron chi connectivity index (χ4n) is 2.22. The van der Waals surface area contributed by atoms with E-state index in [4.69, 9.17) is 12.2 Å². The minimum atomic E-state index is -0.0290. The average Bonchev–Trinajstić information content (AvgIpc) is 2.76. The van der Waals surface area contributed by atoms with Gasteiger partial charge in [0.2, 0.25) is 5.91 Å². The van der Waals surface area contributed by atoms with Gasteiger partial charge in [0, 0.05) is 16.3 Å². The lowest BCUT2D eigenvalue weighted by Crippen LogP contribution is -2.14. The highest BCUT2D eigenvalue weighted by Crippen LogP contribution is 2.20. The number of hydrogen-bond acceptors (Lipinski definition) is 3. The zero-order valence-electron chi connectivity index (χ0n) is 11.5. The molecule has 1 aromatic heterocycles. The molecule has 3 aromatic rings. The molecule has 0 saturated carbocycles. The van der Waals surface area contributed by atoms with Gasteiger partial charge in [-0.25, -0.2) is 0 Å². The number of thiazole rings is 1. The minimum absolute atomic E-state index is 0.0290. The standard InChI is InChI=1S/C16H14N2OS2/c1-10-14(21-16(20)17-10)9-15(19)18-13-7-6-11-4-2-3-5-12(11)8-13/h2-8H,9H2,1H3,(H,17,20)(H,18,19). The van der Waals surface area contributed by atoms with Crippen molar-refractivity contribution < 1.29 is 4.79 Å². The molecule has 0 bridgehead atoms. The van der Waals surface area contributed by atoms with E-state index in [0.29, 0.717) is 10.4 Å². The van der Waals surface area contributed by atoms with Crippen molar-refractivity contribution in [1.29, 1.82) is 0 Å². The van der Waals surface area contributed by atoms with Crippen LogP contribution < -0.4 is 5.32 Å². The summed E-state index contributed by atoms with van der Waals surface area (Å²) in [5, 5.41) is 5.22. The zero-order chi connectivity index (χ0) is 14.8. The Hall–Kier alpha value is -1.98. The van der Waals surface area contributed by atoms with Crippen LogP contribution >= 0.6 is 23.6 Å². The number of H-pyrrole nitrogens is 1. The van der Waals surface area contributed by atoms with Crippen LogP contribution in [0.4, 0.5) is 5.69 Å². The summed E-state index contributed by atoms with van der Waals surface area (Å²) in [5.41, 5.74) is 1.79. The summed E-state index contributed by atoms with van der Waals surface area (Å²) in [4.78, 5) is 16.2. The fourth-order valence-corrected chi connectivity index (χ4v) is 3.51. The Balaban J connectivity index is 1.76. The van der Waals surface area contributed by atoms with Gasteiger partial charge in [-0.05, 0) is 42.0 Å². The highest BCUT2D eigenvalue weighted by atomic mass is 32.1. The lowest BCUT2D eigenvalue weighted by Gasteiger charge is -2.06. The highest BCUT2D eigenvalue weighted by Gasteiger charge is 2.09. The third-order valence-corrected chi connectivity index (χ3v) is 4.61. The number of aromatic nitrogens is 1. The van der Waals surface area contributed by atoms with Crippen molar-refractivity contribution in [2.24, 2.45) is 0 Å². The molecule has 0 radical (unpaired) electrons. The molecule has 0 aliphatic rings. The minimum Gasteiger partial charge on any atom is -0.341 e. The predicted octanol–water partition coefficient (Wildman–Crippen LogP) is 4.45. The van der Waals surface area contributed by atoms with Gasteiger partial charge in [-0.3, -0.25) is 4.79 Å². The van der Waals surface area contributed by atoms with Crippen LogP contribution in [-0.4, -0.2) is 10.9 Å². The van der Waals surface area contributed by atoms with Crippen LogP contribution in [0.1, 0.15) is 10.6 Å². The van der Waals surface area contributed by atoms with Crippen LogP contribution in [0, 0.1) is 10.9 Å². The molecule has 1 amide bonds. The third kappa shape index (κ3) is 3.20. The number of carbonyl (C=O) groups is 1. The number of aromatic amines is 1. The van der Waals surface area contributed by atoms with Gasteiger partial charge in [0.15, 0.2) is 3.95 Å². The topological polar surface area (TPSA) is 44.9 Å². The van der Waals surface area contributed by atoms with Crippen molar-refractivity contribution in [2.45, 2.75) is 13.3 Å². The van der Waals surface area contributed by atoms with Gasteiger partial charge >= 0.3 is 0 Å². The molecule has 0 spiro atoms. The Kier molecular flexibility index (Phi) is 3.86. The second-order valence-electron chi connectivity index (χ2n) is 4.85. The molecule has 0 aliphatic heterocycles. The molecule has 0 saturated heterocycles. The van der Waals surface area contributed by atoms with Crippen molar-refractivity contribution in [2.75, 3.05) is 5.32 Å². The number of anilines is 1. The number of hydrogen-bond donors (Lipinski definition) is 2. The molecule has 21 heavy (non-hydrogen) atoms. The first-order valence-electron chi connectivity index (χ1n) is 6.59. The lowest BCUT2D eigenvalue weighted by atomic mass is 10.1. The van der Waals surface area contributed by atoms with Gasteiger partial charge in [0.25, 0.3) is 0 Å². The quantitative estimate of drug-likeness (QED) is 0.702. The van der Waals surface area contributed by atoms with E-state index in [9.17, 15) is 4.79 Å². The summed E-state index contributed by atoms with van der Waals surface area (Å²) in [7, 11) is 0. The van der Waals surface area contributed by atoms with E-state index in [1.807, 2.05) is 43.3 Å². The maximum atomic E-state index is 12.1. The maximum Gasteiger partial charge on any atom is 0.229 e. The molecule has 3 nitrogen and oxygen atoms in total. The maximum absolute atomic E-state index is 12.1. The largest absolute Gasteiger partial charge is 0.341 e. The van der Waals surface area contributed by atoms with Crippen molar-refractivity contribution in [3.63, 3.8) is 0 Å². The molecule has 2 N–H and O–H groups in total. The van der Waals surface area contributed by atoms with Crippen molar-refractivity contribution >= 4 is 45.9 Å². The van der Waals surface area contributed by atoms with Crippen LogP contribution in [0.2, 0.25) is 0 Å². The third-order valence-electron chi connectivity index (χ3n) is 3.28. The molecule has 0 fully saturated rings. The van der Waals surface area contributed by atoms with E-state index in [1.54, 1.807) is 0 Å². The summed E-state index contributed by atoms with van der Waals surface area (Å²) < 4.78 is 0.709. The normalized spacial score (nSPS) is 10.7. The molecule has 106 valence electrons. The summed E-state index contributed by atoms with van der Waals surface area (Å²) in [6, 6.07) is 14.0. The predicted molar refractivity (Wildman–Crippen MR) is 90.5 cm³/mol. The van der Waals surface area contributed by atoms with Crippen LogP contribution in [0.3, 0.4) is 0 Å². The number of fused-ring (bicyclic) bond motifs is 1. The van der Waals surface area contributed by atoms with Gasteiger partial charge < -0.3 is 10.3 Å². The number of benzene rings is 2. The van der Waals surface area contributed by atoms with Gasteiger partial charge in [-0.15, -0.1) is 11.3 Å². The van der Waals surface area contributed by atoms with Crippen LogP contribution in [0.5, 0.6) is 0 Å². The Morgan fingerprint density at radius 2 is 2.00 bits per heavy atom. The van der Waals surface area contributed by atoms with E-state index >= 15 is 0 Å². The van der Waals surface area contributed by atoms with Gasteiger partial charge in [-0.2, -0.15) is 0 Å². The molecular formula is C16H14N2OS2. The monoisotopic (exact) mass is 314 g/mol. The second-order valence-corrected chi connectivity index (χ2v) is 6.62. The number of aryl methyl sites for hydroxylation is 1. The highest BCUT2D eigenvalue weighted by molar-refractivity contribution is 7.73. The first kappa shape index (κ1) is 14.0. The number of amides is 1. The Morgan fingerprint density at radius 1 is 1.24 bits per heavy atom. The second kappa shape index (κ2) is 5.79. The molecule has 0 atom stereocenters. The van der Waals surface area contributed by atoms with Crippen LogP contribution in [0.25, 0.3) is 10.8 Å². The van der Waals surface area contributed by atoms with Gasteiger partial charge in [0.1, 0.15) is 0 Å². The van der Waals surface area contributed by atoms with Crippen molar-refractivity contribution in [3.05, 3.63) is 57.0 Å². The molecule has 0 aliphatic carbocycles. The van der Waals surface area contributed by atoms with Crippen molar-refractivity contribution in [3.8, 4) is 0 Å². The SMILES string of the molecule is Cc1[nH]c(=S)sc1CC(=O)Nc1ccc2ccccc2c1. The number of nitrogens with one attached hydrogen (secondary N) is 2. The molecular weight excluding hydrogens is 300 g/mol. The van der Waals surface area contributed by atoms with Gasteiger partial charge in [-0.1, -0.05) is 30.3 Å². The van der Waals surface area contributed by atoms with E-state index in [-0.39, 0.29) is 5.91 Å². The Morgan fingerprint density at radius 3 is 2.71 bits per heavy atom. The molecule has 3 rings (SSSR count). The van der Waals surface area contributed by atoms with E-state index < -0.39 is 0 Å². The lowest BCUT2D eigenvalue weighted by molar-refractivity contribution is -0.115. The summed E-state index contributed by atoms with van der Waals surface area (Å²) in [6.07, 6.45) is 0.344. The van der Waals surface area contributed by atoms with Crippen molar-refractivity contribution in [1.82, 2.24) is 4.98 Å². The van der Waals surface area contributed by atoms with E-state index in [2.05, 4.69) is 16.4 Å². The first-order chi connectivity index (χ1) is 10.1. The van der Waals surface area contributed by atoms with Crippen LogP contribution in [-0.2, 0) is 11.2 Å². The molecule has 5 heteroatoms. The molecule has 2 aromatic carbocycles.